The second-order valence-corrected chi connectivity index (χ2v) is 4.07. The van der Waals surface area contributed by atoms with E-state index in [-0.39, 0.29) is 0 Å². The van der Waals surface area contributed by atoms with Crippen LogP contribution >= 0.6 is 8.38 Å². The van der Waals surface area contributed by atoms with E-state index in [1.165, 1.54) is 0 Å². The fourth-order valence-corrected chi connectivity index (χ4v) is 1.89. The minimum Gasteiger partial charge on any atom is -0.346 e. The molecule has 0 aliphatic rings. The van der Waals surface area contributed by atoms with Crippen LogP contribution in [0.4, 0.5) is 0 Å². The third-order valence-electron chi connectivity index (χ3n) is 1.42. The van der Waals surface area contributed by atoms with Gasteiger partial charge in [-0.15, -0.1) is 0 Å². The summed E-state index contributed by atoms with van der Waals surface area (Å²) in [6, 6.07) is 0. The molecular formula is C8H19O4P. The lowest BCUT2D eigenvalue weighted by atomic mass is 10.7. The van der Waals surface area contributed by atoms with Crippen molar-refractivity contribution in [3.8, 4) is 0 Å². The average molecular weight is 210 g/mol. The summed E-state index contributed by atoms with van der Waals surface area (Å²) >= 11 is 0. The summed E-state index contributed by atoms with van der Waals surface area (Å²) in [6.45, 7) is 8.66. The highest BCUT2D eigenvalue weighted by Crippen LogP contribution is 2.48. The molecule has 80 valence electrons. The van der Waals surface area contributed by atoms with Gasteiger partial charge in [0.2, 0.25) is 13.9 Å². The zero-order valence-electron chi connectivity index (χ0n) is 8.74. The van der Waals surface area contributed by atoms with Gasteiger partial charge in [0.25, 0.3) is 0 Å². The zero-order chi connectivity index (χ0) is 10.3. The molecular weight excluding hydrogens is 191 g/mol. The molecule has 0 fully saturated rings. The van der Waals surface area contributed by atoms with E-state index in [2.05, 4.69) is 0 Å². The topological polar surface area (TPSA) is 47.9 Å². The van der Waals surface area contributed by atoms with Crippen molar-refractivity contribution in [1.29, 1.82) is 0 Å². The maximum absolute atomic E-state index is 9.62. The molecule has 5 heteroatoms. The largest absolute Gasteiger partial charge is 0.346 e. The van der Waals surface area contributed by atoms with Crippen LogP contribution in [0.15, 0.2) is 0 Å². The van der Waals surface area contributed by atoms with Gasteiger partial charge < -0.3 is 18.9 Å². The van der Waals surface area contributed by atoms with Crippen molar-refractivity contribution < 1.29 is 18.9 Å². The maximum Gasteiger partial charge on any atom is 0.236 e. The monoisotopic (exact) mass is 210 g/mol. The van der Waals surface area contributed by atoms with Gasteiger partial charge in [-0.05, 0) is 27.7 Å². The SMILES string of the molecule is CCOP(O)C(C)(OCC)OCC. The second-order valence-electron chi connectivity index (χ2n) is 2.45. The maximum atomic E-state index is 9.62. The Balaban J connectivity index is 4.18. The highest BCUT2D eigenvalue weighted by molar-refractivity contribution is 7.47. The Morgan fingerprint density at radius 2 is 1.54 bits per heavy atom. The number of rotatable bonds is 7. The van der Waals surface area contributed by atoms with Crippen LogP contribution in [0.25, 0.3) is 0 Å². The van der Waals surface area contributed by atoms with Crippen molar-refractivity contribution in [1.82, 2.24) is 0 Å². The molecule has 0 aliphatic carbocycles. The molecule has 0 spiro atoms. The van der Waals surface area contributed by atoms with Gasteiger partial charge in [0, 0.05) is 13.2 Å². The van der Waals surface area contributed by atoms with Crippen molar-refractivity contribution in [2.75, 3.05) is 19.8 Å². The Hall–Kier alpha value is 0.270. The van der Waals surface area contributed by atoms with Gasteiger partial charge in [0.15, 0.2) is 0 Å². The molecule has 4 nitrogen and oxygen atoms in total. The molecule has 0 aliphatic heterocycles. The lowest BCUT2D eigenvalue weighted by Crippen LogP contribution is -2.31. The van der Waals surface area contributed by atoms with Gasteiger partial charge in [-0.2, -0.15) is 0 Å². The molecule has 0 heterocycles. The number of hydrogen-bond acceptors (Lipinski definition) is 4. The first kappa shape index (κ1) is 13.3. The molecule has 0 aromatic carbocycles. The van der Waals surface area contributed by atoms with Gasteiger partial charge in [-0.3, -0.25) is 0 Å². The lowest BCUT2D eigenvalue weighted by molar-refractivity contribution is -0.168. The Morgan fingerprint density at radius 3 is 1.85 bits per heavy atom. The molecule has 0 radical (unpaired) electrons. The Morgan fingerprint density at radius 1 is 1.08 bits per heavy atom. The summed E-state index contributed by atoms with van der Waals surface area (Å²) in [5, 5.41) is 0. The highest BCUT2D eigenvalue weighted by Gasteiger charge is 2.36. The van der Waals surface area contributed by atoms with Gasteiger partial charge in [0.1, 0.15) is 0 Å². The summed E-state index contributed by atoms with van der Waals surface area (Å²) in [4.78, 5) is 9.62. The summed E-state index contributed by atoms with van der Waals surface area (Å²) in [5.74, 6) is 0. The second kappa shape index (κ2) is 6.68. The first-order valence-electron chi connectivity index (χ1n) is 4.50. The molecule has 0 amide bonds. The van der Waals surface area contributed by atoms with Gasteiger partial charge in [0.05, 0.1) is 6.61 Å². The van der Waals surface area contributed by atoms with E-state index in [4.69, 9.17) is 14.0 Å². The van der Waals surface area contributed by atoms with Crippen LogP contribution in [0.2, 0.25) is 0 Å². The molecule has 0 aromatic heterocycles. The average Bonchev–Trinajstić information content (AvgIpc) is 2.05. The summed E-state index contributed by atoms with van der Waals surface area (Å²) in [6.07, 6.45) is 0. The van der Waals surface area contributed by atoms with Gasteiger partial charge in [-0.25, -0.2) is 0 Å². The van der Waals surface area contributed by atoms with Crippen LogP contribution in [0, 0.1) is 0 Å². The van der Waals surface area contributed by atoms with Crippen molar-refractivity contribution in [2.24, 2.45) is 0 Å². The van der Waals surface area contributed by atoms with Crippen LogP contribution in [0.3, 0.4) is 0 Å². The third-order valence-corrected chi connectivity index (χ3v) is 2.88. The van der Waals surface area contributed by atoms with Crippen molar-refractivity contribution in [3.63, 3.8) is 0 Å². The van der Waals surface area contributed by atoms with Crippen LogP contribution in [-0.2, 0) is 14.0 Å². The molecule has 0 bridgehead atoms. The van der Waals surface area contributed by atoms with Crippen LogP contribution in [0.1, 0.15) is 27.7 Å². The first-order valence-corrected chi connectivity index (χ1v) is 5.71. The van der Waals surface area contributed by atoms with E-state index in [1.807, 2.05) is 20.8 Å². The predicted molar refractivity (Wildman–Crippen MR) is 52.4 cm³/mol. The number of hydrogen-bond donors (Lipinski definition) is 1. The van der Waals surface area contributed by atoms with Crippen molar-refractivity contribution in [3.05, 3.63) is 0 Å². The Labute approximate surface area is 81.1 Å². The third kappa shape index (κ3) is 4.34. The van der Waals surface area contributed by atoms with Crippen LogP contribution < -0.4 is 0 Å². The van der Waals surface area contributed by atoms with E-state index in [0.29, 0.717) is 19.8 Å². The lowest BCUT2D eigenvalue weighted by Gasteiger charge is -2.31. The fourth-order valence-electron chi connectivity index (χ4n) is 0.927. The minimum atomic E-state index is -1.68. The summed E-state index contributed by atoms with van der Waals surface area (Å²) in [7, 11) is -1.68. The standard InChI is InChI=1S/C8H19O4P/c1-5-10-8(4,11-6-2)13(9)12-7-3/h9H,5-7H2,1-4H3. The number of ether oxygens (including phenoxy) is 2. The predicted octanol–water partition coefficient (Wildman–Crippen LogP) is 2.07. The smallest absolute Gasteiger partial charge is 0.236 e. The molecule has 1 N–H and O–H groups in total. The minimum absolute atomic E-state index is 0.456. The molecule has 1 unspecified atom stereocenters. The summed E-state index contributed by atoms with van der Waals surface area (Å²) < 4.78 is 15.7. The fraction of sp³-hybridized carbons (Fsp3) is 1.00. The normalized spacial score (nSPS) is 14.5. The molecule has 1 atom stereocenters. The Kier molecular flexibility index (Phi) is 6.82. The summed E-state index contributed by atoms with van der Waals surface area (Å²) in [5.41, 5.74) is -0.991. The molecule has 0 saturated heterocycles. The van der Waals surface area contributed by atoms with Gasteiger partial charge >= 0.3 is 0 Å². The molecule has 0 saturated carbocycles. The van der Waals surface area contributed by atoms with E-state index in [1.54, 1.807) is 6.92 Å². The molecule has 13 heavy (non-hydrogen) atoms. The highest BCUT2D eigenvalue weighted by atomic mass is 31.2. The van der Waals surface area contributed by atoms with Crippen molar-refractivity contribution in [2.45, 2.75) is 33.2 Å². The van der Waals surface area contributed by atoms with E-state index >= 15 is 0 Å². The first-order chi connectivity index (χ1) is 6.10. The van der Waals surface area contributed by atoms with Crippen LogP contribution in [0.5, 0.6) is 0 Å². The van der Waals surface area contributed by atoms with E-state index < -0.39 is 13.9 Å². The van der Waals surface area contributed by atoms with Crippen molar-refractivity contribution >= 4 is 8.38 Å². The molecule has 0 aromatic rings. The Bertz CT molecular complexity index is 125. The van der Waals surface area contributed by atoms with Gasteiger partial charge in [-0.1, -0.05) is 0 Å². The van der Waals surface area contributed by atoms with E-state index in [0.717, 1.165) is 0 Å². The van der Waals surface area contributed by atoms with Crippen LogP contribution in [-0.4, -0.2) is 30.2 Å². The molecule has 0 rings (SSSR count). The zero-order valence-corrected chi connectivity index (χ0v) is 9.63. The van der Waals surface area contributed by atoms with E-state index in [9.17, 15) is 4.89 Å². The quantitative estimate of drug-likeness (QED) is 0.516.